The first-order valence-corrected chi connectivity index (χ1v) is 13.4. The van der Waals surface area contributed by atoms with Crippen LogP contribution in [0.5, 0.6) is 0 Å². The van der Waals surface area contributed by atoms with Gasteiger partial charge in [0.25, 0.3) is 0 Å². The Bertz CT molecular complexity index is 962. The minimum Gasteiger partial charge on any atom is -0.388 e. The molecule has 0 saturated carbocycles. The van der Waals surface area contributed by atoms with Crippen molar-refractivity contribution in [1.82, 2.24) is 20.0 Å². The molecule has 3 amide bonds. The van der Waals surface area contributed by atoms with Crippen molar-refractivity contribution in [2.45, 2.75) is 68.9 Å². The number of carbonyl (C=O) groups is 3. The van der Waals surface area contributed by atoms with Crippen LogP contribution in [0.1, 0.15) is 25.3 Å². The van der Waals surface area contributed by atoms with Crippen LogP contribution in [0.3, 0.4) is 0 Å². The number of thiophene rings is 1. The normalized spacial score (nSPS) is 36.2. The first kappa shape index (κ1) is 25.6. The van der Waals surface area contributed by atoms with Crippen molar-refractivity contribution in [2.75, 3.05) is 39.3 Å². The maximum absolute atomic E-state index is 13.7. The lowest BCUT2D eigenvalue weighted by atomic mass is 10.0. The molecule has 5 heterocycles. The lowest BCUT2D eigenvalue weighted by molar-refractivity contribution is -0.146. The van der Waals surface area contributed by atoms with Crippen LogP contribution in [-0.4, -0.2) is 125 Å². The molecule has 4 aliphatic rings. The number of aliphatic hydroxyl groups is 2. The Morgan fingerprint density at radius 3 is 2.72 bits per heavy atom. The van der Waals surface area contributed by atoms with Crippen LogP contribution in [0.15, 0.2) is 16.8 Å². The molecule has 12 heteroatoms. The van der Waals surface area contributed by atoms with Crippen LogP contribution in [-0.2, 0) is 30.4 Å². The second-order valence-corrected chi connectivity index (χ2v) is 11.0. The molecule has 0 aromatic carbocycles. The van der Waals surface area contributed by atoms with Gasteiger partial charge < -0.3 is 34.8 Å². The number of carbonyl (C=O) groups excluding carboxylic acids is 3. The summed E-state index contributed by atoms with van der Waals surface area (Å²) in [6.07, 6.45) is -4.17. The van der Waals surface area contributed by atoms with Gasteiger partial charge in [0.05, 0.1) is 31.3 Å². The van der Waals surface area contributed by atoms with Gasteiger partial charge in [0, 0.05) is 52.2 Å². The van der Waals surface area contributed by atoms with E-state index < -0.39 is 24.4 Å². The Kier molecular flexibility index (Phi) is 7.61. The number of nitrogens with one attached hydrogen (secondary N) is 1. The maximum atomic E-state index is 13.7. The molecule has 3 N–H and O–H groups in total. The van der Waals surface area contributed by atoms with Crippen LogP contribution in [0.25, 0.3) is 0 Å². The van der Waals surface area contributed by atoms with Crippen molar-refractivity contribution in [3.8, 4) is 0 Å². The van der Waals surface area contributed by atoms with E-state index in [4.69, 9.17) is 9.47 Å². The van der Waals surface area contributed by atoms with E-state index in [1.165, 1.54) is 11.8 Å². The van der Waals surface area contributed by atoms with Gasteiger partial charge in [0.15, 0.2) is 0 Å². The third-order valence-corrected chi connectivity index (χ3v) is 8.32. The average molecular weight is 523 g/mol. The standard InChI is InChI=1S/C24H34N4O7S/c1-14(29)27-11-17-10-26(3-4-34-17)24(33)18-6-16(9-28(18)8-15-2-5-36-13-15)25-21(30)7-19-22(31)23(32)20(12-27)35-19/h2,5,13,16-20,22-23,31-32H,3-4,6-12H2,1H3,(H,25,30)/t16-,17-,18-,19-,20+,22-,23+/m0/s1. The Balaban J connectivity index is 1.40. The Hall–Kier alpha value is -2.09. The number of hydrogen-bond donors (Lipinski definition) is 3. The minimum atomic E-state index is -1.24. The molecule has 1 aromatic heterocycles. The number of amides is 3. The second-order valence-electron chi connectivity index (χ2n) is 10.2. The quantitative estimate of drug-likeness (QED) is 0.440. The van der Waals surface area contributed by atoms with Crippen LogP contribution >= 0.6 is 11.3 Å². The molecule has 5 rings (SSSR count). The number of aliphatic hydroxyl groups excluding tert-OH is 2. The van der Waals surface area contributed by atoms with Gasteiger partial charge in [-0.15, -0.1) is 0 Å². The number of rotatable bonds is 2. The Labute approximate surface area is 213 Å². The van der Waals surface area contributed by atoms with Gasteiger partial charge in [-0.3, -0.25) is 19.3 Å². The van der Waals surface area contributed by atoms with Crippen LogP contribution < -0.4 is 5.32 Å². The molecule has 0 aliphatic carbocycles. The third kappa shape index (κ3) is 5.43. The van der Waals surface area contributed by atoms with E-state index in [0.29, 0.717) is 39.2 Å². The summed E-state index contributed by atoms with van der Waals surface area (Å²) < 4.78 is 11.8. The molecular weight excluding hydrogens is 488 g/mol. The molecule has 0 unspecified atom stereocenters. The highest BCUT2D eigenvalue weighted by molar-refractivity contribution is 7.07. The van der Waals surface area contributed by atoms with Crippen molar-refractivity contribution < 1.29 is 34.1 Å². The summed E-state index contributed by atoms with van der Waals surface area (Å²) in [4.78, 5) is 44.4. The zero-order valence-electron chi connectivity index (χ0n) is 20.3. The van der Waals surface area contributed by atoms with E-state index in [-0.39, 0.29) is 55.4 Å². The lowest BCUT2D eigenvalue weighted by Gasteiger charge is -2.38. The molecule has 11 nitrogen and oxygen atoms in total. The molecule has 36 heavy (non-hydrogen) atoms. The number of likely N-dealkylation sites (tertiary alicyclic amines) is 1. The fourth-order valence-electron chi connectivity index (χ4n) is 5.71. The molecule has 0 radical (unpaired) electrons. The van der Waals surface area contributed by atoms with Crippen molar-refractivity contribution >= 4 is 29.1 Å². The van der Waals surface area contributed by atoms with E-state index in [0.717, 1.165) is 5.56 Å². The van der Waals surface area contributed by atoms with Crippen LogP contribution in [0.2, 0.25) is 0 Å². The van der Waals surface area contributed by atoms with E-state index in [9.17, 15) is 24.6 Å². The SMILES string of the molecule is CC(=O)N1C[C@@H]2CN(CCO2)C(=O)[C@@H]2C[C@@H](CN2Cc2ccsc2)NC(=O)C[C@@H]2O[C@H](C1)[C@@H](O)[C@H]2O. The van der Waals surface area contributed by atoms with Crippen LogP contribution in [0.4, 0.5) is 0 Å². The topological polar surface area (TPSA) is 132 Å². The van der Waals surface area contributed by atoms with Gasteiger partial charge in [0.2, 0.25) is 17.7 Å². The number of ether oxygens (including phenoxy) is 2. The summed E-state index contributed by atoms with van der Waals surface area (Å²) in [5, 5.41) is 28.2. The van der Waals surface area contributed by atoms with E-state index in [2.05, 4.69) is 15.6 Å². The zero-order valence-corrected chi connectivity index (χ0v) is 21.1. The van der Waals surface area contributed by atoms with Gasteiger partial charge in [0.1, 0.15) is 18.3 Å². The maximum Gasteiger partial charge on any atom is 0.240 e. The molecular formula is C24H34N4O7S. The Morgan fingerprint density at radius 1 is 1.17 bits per heavy atom. The van der Waals surface area contributed by atoms with Gasteiger partial charge in [-0.25, -0.2) is 0 Å². The molecule has 7 atom stereocenters. The van der Waals surface area contributed by atoms with E-state index >= 15 is 0 Å². The number of hydrogen-bond acceptors (Lipinski definition) is 9. The predicted octanol–water partition coefficient (Wildman–Crippen LogP) is -1.22. The van der Waals surface area contributed by atoms with Gasteiger partial charge in [-0.2, -0.15) is 11.3 Å². The van der Waals surface area contributed by atoms with Gasteiger partial charge in [-0.1, -0.05) is 0 Å². The van der Waals surface area contributed by atoms with Crippen molar-refractivity contribution in [3.05, 3.63) is 22.4 Å². The van der Waals surface area contributed by atoms with Crippen molar-refractivity contribution in [1.29, 1.82) is 0 Å². The first-order chi connectivity index (χ1) is 17.3. The molecule has 4 saturated heterocycles. The summed E-state index contributed by atoms with van der Waals surface area (Å²) in [5.74, 6) is -0.524. The minimum absolute atomic E-state index is 0.00555. The summed E-state index contributed by atoms with van der Waals surface area (Å²) in [6.45, 7) is 4.03. The second kappa shape index (κ2) is 10.7. The predicted molar refractivity (Wildman–Crippen MR) is 129 cm³/mol. The summed E-state index contributed by atoms with van der Waals surface area (Å²) >= 11 is 1.60. The highest BCUT2D eigenvalue weighted by Crippen LogP contribution is 2.27. The smallest absolute Gasteiger partial charge is 0.240 e. The van der Waals surface area contributed by atoms with Gasteiger partial charge >= 0.3 is 0 Å². The Morgan fingerprint density at radius 2 is 1.97 bits per heavy atom. The fraction of sp³-hybridized carbons (Fsp3) is 0.708. The molecule has 4 aliphatic heterocycles. The molecule has 6 bridgehead atoms. The number of nitrogens with zero attached hydrogens (tertiary/aromatic N) is 3. The highest BCUT2D eigenvalue weighted by Gasteiger charge is 2.46. The number of fused-ring (bicyclic) bond motifs is 6. The summed E-state index contributed by atoms with van der Waals surface area (Å²) in [6, 6.07) is 1.43. The van der Waals surface area contributed by atoms with E-state index in [1.54, 1.807) is 16.2 Å². The van der Waals surface area contributed by atoms with Crippen molar-refractivity contribution in [2.24, 2.45) is 0 Å². The summed E-state index contributed by atoms with van der Waals surface area (Å²) in [5.41, 5.74) is 1.12. The molecule has 4 fully saturated rings. The molecule has 0 spiro atoms. The monoisotopic (exact) mass is 522 g/mol. The van der Waals surface area contributed by atoms with Crippen LogP contribution in [0, 0.1) is 0 Å². The molecule has 198 valence electrons. The first-order valence-electron chi connectivity index (χ1n) is 12.5. The summed E-state index contributed by atoms with van der Waals surface area (Å²) in [7, 11) is 0. The lowest BCUT2D eigenvalue weighted by Crippen LogP contribution is -2.55. The van der Waals surface area contributed by atoms with Crippen molar-refractivity contribution in [3.63, 3.8) is 0 Å². The number of morpholine rings is 1. The zero-order chi connectivity index (χ0) is 25.4. The average Bonchev–Trinajstić information content (AvgIpc) is 3.56. The fourth-order valence-corrected chi connectivity index (χ4v) is 6.37. The van der Waals surface area contributed by atoms with Gasteiger partial charge in [-0.05, 0) is 28.8 Å². The molecule has 1 aromatic rings. The van der Waals surface area contributed by atoms with E-state index in [1.807, 2.05) is 11.4 Å². The highest BCUT2D eigenvalue weighted by atomic mass is 32.1. The largest absolute Gasteiger partial charge is 0.388 e. The third-order valence-electron chi connectivity index (χ3n) is 7.59.